The molecule has 0 fully saturated rings. The summed E-state index contributed by atoms with van der Waals surface area (Å²) in [5.41, 5.74) is 2.25. The minimum Gasteiger partial charge on any atom is -0.312 e. The molecule has 5 nitrogen and oxygen atoms in total. The largest absolute Gasteiger partial charge is 0.365 e. The Labute approximate surface area is 187 Å². The molecule has 0 saturated heterocycles. The quantitative estimate of drug-likeness (QED) is 0.368. The van der Waals surface area contributed by atoms with Crippen LogP contribution in [0.5, 0.6) is 0 Å². The maximum Gasteiger partial charge on any atom is 0.365 e. The van der Waals surface area contributed by atoms with Crippen LogP contribution in [0.25, 0.3) is 0 Å². The smallest absolute Gasteiger partial charge is 0.312 e. The number of amides is 1. The minimum absolute atomic E-state index is 0.0398. The van der Waals surface area contributed by atoms with Crippen molar-refractivity contribution in [2.45, 2.75) is 6.54 Å². The zero-order valence-electron chi connectivity index (χ0n) is 15.3. The molecule has 0 aromatic heterocycles. The summed E-state index contributed by atoms with van der Waals surface area (Å²) >= 11 is 18.1. The summed E-state index contributed by atoms with van der Waals surface area (Å²) in [4.78, 5) is 31.9. The normalized spacial score (nSPS) is 14.2. The molecule has 1 aliphatic rings. The van der Waals surface area contributed by atoms with E-state index in [0.717, 1.165) is 5.56 Å². The summed E-state index contributed by atoms with van der Waals surface area (Å²) in [5, 5.41) is 5.32. The van der Waals surface area contributed by atoms with Crippen molar-refractivity contribution in [3.8, 4) is 0 Å². The Morgan fingerprint density at radius 2 is 1.63 bits per heavy atom. The first-order valence-electron chi connectivity index (χ1n) is 8.84. The molecule has 3 aromatic carbocycles. The molecule has 0 unspecified atom stereocenters. The van der Waals surface area contributed by atoms with E-state index in [1.807, 2.05) is 6.07 Å². The standard InChI is InChI=1S/C22H13Cl3N2O3/c23-15-8-5-13(6-9-15)22(29)30-26-20-17-3-1-2-4-19(17)27(21(20)28)12-14-7-10-16(24)11-18(14)25/h1-11H,12H2/b26-20+. The summed E-state index contributed by atoms with van der Waals surface area (Å²) in [7, 11) is 0. The van der Waals surface area contributed by atoms with Crippen LogP contribution in [0, 0.1) is 0 Å². The average molecular weight is 460 g/mol. The molecule has 1 aliphatic heterocycles. The zero-order valence-corrected chi connectivity index (χ0v) is 17.6. The summed E-state index contributed by atoms with van der Waals surface area (Å²) in [6, 6.07) is 18.4. The molecule has 150 valence electrons. The van der Waals surface area contributed by atoms with E-state index in [4.69, 9.17) is 39.6 Å². The van der Waals surface area contributed by atoms with Crippen molar-refractivity contribution in [2.75, 3.05) is 4.90 Å². The van der Waals surface area contributed by atoms with E-state index in [0.29, 0.717) is 26.3 Å². The van der Waals surface area contributed by atoms with E-state index >= 15 is 0 Å². The lowest BCUT2D eigenvalue weighted by Crippen LogP contribution is -2.30. The van der Waals surface area contributed by atoms with Crippen LogP contribution in [-0.4, -0.2) is 17.6 Å². The first kappa shape index (κ1) is 20.4. The third-order valence-electron chi connectivity index (χ3n) is 4.54. The van der Waals surface area contributed by atoms with Gasteiger partial charge in [0.05, 0.1) is 17.8 Å². The Balaban J connectivity index is 1.62. The lowest BCUT2D eigenvalue weighted by molar-refractivity contribution is -0.112. The lowest BCUT2D eigenvalue weighted by atomic mass is 10.1. The molecule has 30 heavy (non-hydrogen) atoms. The van der Waals surface area contributed by atoms with Crippen LogP contribution in [0.2, 0.25) is 15.1 Å². The number of fused-ring (bicyclic) bond motifs is 1. The predicted octanol–water partition coefficient (Wildman–Crippen LogP) is 5.75. The summed E-state index contributed by atoms with van der Waals surface area (Å²) in [6.07, 6.45) is 0. The van der Waals surface area contributed by atoms with E-state index in [9.17, 15) is 9.59 Å². The zero-order chi connectivity index (χ0) is 21.3. The number of nitrogens with zero attached hydrogens (tertiary/aromatic N) is 2. The predicted molar refractivity (Wildman–Crippen MR) is 117 cm³/mol. The Morgan fingerprint density at radius 3 is 2.37 bits per heavy atom. The summed E-state index contributed by atoms with van der Waals surface area (Å²) in [5.74, 6) is -1.09. The van der Waals surface area contributed by atoms with Crippen LogP contribution >= 0.6 is 34.8 Å². The molecule has 1 heterocycles. The highest BCUT2D eigenvalue weighted by atomic mass is 35.5. The molecule has 0 radical (unpaired) electrons. The SMILES string of the molecule is O=C(O/N=C1/C(=O)N(Cc2ccc(Cl)cc2Cl)c2ccccc21)c1ccc(Cl)cc1. The molecule has 1 amide bonds. The number of hydrogen-bond donors (Lipinski definition) is 0. The number of para-hydroxylation sites is 1. The molecule has 4 rings (SSSR count). The number of carbonyl (C=O) groups excluding carboxylic acids is 2. The van der Waals surface area contributed by atoms with Crippen molar-refractivity contribution < 1.29 is 14.4 Å². The van der Waals surface area contributed by atoms with Crippen molar-refractivity contribution in [3.63, 3.8) is 0 Å². The van der Waals surface area contributed by atoms with Gasteiger partial charge in [-0.1, -0.05) is 64.2 Å². The van der Waals surface area contributed by atoms with Gasteiger partial charge in [0, 0.05) is 20.6 Å². The van der Waals surface area contributed by atoms with Crippen molar-refractivity contribution in [3.05, 3.63) is 98.5 Å². The lowest BCUT2D eigenvalue weighted by Gasteiger charge is -2.17. The monoisotopic (exact) mass is 458 g/mol. The van der Waals surface area contributed by atoms with Gasteiger partial charge in [0.25, 0.3) is 5.91 Å². The van der Waals surface area contributed by atoms with Crippen molar-refractivity contribution >= 4 is 58.1 Å². The second kappa shape index (κ2) is 8.48. The summed E-state index contributed by atoms with van der Waals surface area (Å²) < 4.78 is 0. The Bertz CT molecular complexity index is 1180. The van der Waals surface area contributed by atoms with Gasteiger partial charge in [-0.2, -0.15) is 0 Å². The van der Waals surface area contributed by atoms with Gasteiger partial charge in [0.1, 0.15) is 0 Å². The maximum absolute atomic E-state index is 13.1. The van der Waals surface area contributed by atoms with Gasteiger partial charge in [0.15, 0.2) is 5.71 Å². The van der Waals surface area contributed by atoms with Crippen molar-refractivity contribution in [1.82, 2.24) is 0 Å². The molecule has 0 atom stereocenters. The first-order chi connectivity index (χ1) is 14.4. The molecule has 3 aromatic rings. The second-order valence-corrected chi connectivity index (χ2v) is 7.75. The fourth-order valence-corrected chi connectivity index (χ4v) is 3.65. The van der Waals surface area contributed by atoms with Crippen LogP contribution < -0.4 is 4.90 Å². The topological polar surface area (TPSA) is 59.0 Å². The maximum atomic E-state index is 13.1. The van der Waals surface area contributed by atoms with E-state index in [2.05, 4.69) is 5.16 Å². The summed E-state index contributed by atoms with van der Waals surface area (Å²) in [6.45, 7) is 0.218. The third kappa shape index (κ3) is 4.05. The number of benzene rings is 3. The molecular formula is C22H13Cl3N2O3. The number of oxime groups is 1. The second-order valence-electron chi connectivity index (χ2n) is 6.47. The average Bonchev–Trinajstić information content (AvgIpc) is 3.00. The van der Waals surface area contributed by atoms with E-state index in [-0.39, 0.29) is 17.8 Å². The molecule has 0 spiro atoms. The van der Waals surface area contributed by atoms with Crippen LogP contribution in [0.3, 0.4) is 0 Å². The van der Waals surface area contributed by atoms with Crippen molar-refractivity contribution in [2.24, 2.45) is 5.16 Å². The van der Waals surface area contributed by atoms with Crippen LogP contribution in [0.4, 0.5) is 5.69 Å². The fraction of sp³-hybridized carbons (Fsp3) is 0.0455. The molecule has 0 saturated carbocycles. The molecule has 0 aliphatic carbocycles. The van der Waals surface area contributed by atoms with Gasteiger partial charge in [-0.05, 0) is 48.0 Å². The molecule has 8 heteroatoms. The van der Waals surface area contributed by atoms with Gasteiger partial charge in [-0.25, -0.2) is 4.79 Å². The van der Waals surface area contributed by atoms with Crippen LogP contribution in [0.15, 0.2) is 71.9 Å². The minimum atomic E-state index is -0.691. The highest BCUT2D eigenvalue weighted by molar-refractivity contribution is 6.54. The highest BCUT2D eigenvalue weighted by Gasteiger charge is 2.35. The molecule has 0 bridgehead atoms. The third-order valence-corrected chi connectivity index (χ3v) is 5.38. The van der Waals surface area contributed by atoms with E-state index < -0.39 is 11.9 Å². The Morgan fingerprint density at radius 1 is 0.933 bits per heavy atom. The van der Waals surface area contributed by atoms with Gasteiger partial charge in [-0.15, -0.1) is 0 Å². The Hall–Kier alpha value is -2.86. The number of rotatable bonds is 4. The van der Waals surface area contributed by atoms with Crippen molar-refractivity contribution in [1.29, 1.82) is 0 Å². The number of halogens is 3. The van der Waals surface area contributed by atoms with E-state index in [1.54, 1.807) is 48.5 Å². The van der Waals surface area contributed by atoms with Gasteiger partial charge in [-0.3, -0.25) is 4.79 Å². The number of anilines is 1. The molecule has 0 N–H and O–H groups in total. The van der Waals surface area contributed by atoms with Gasteiger partial charge < -0.3 is 9.74 Å². The van der Waals surface area contributed by atoms with Crippen LogP contribution in [-0.2, 0) is 16.2 Å². The van der Waals surface area contributed by atoms with Crippen LogP contribution in [0.1, 0.15) is 21.5 Å². The fourth-order valence-electron chi connectivity index (χ4n) is 3.05. The number of carbonyl (C=O) groups is 2. The van der Waals surface area contributed by atoms with E-state index in [1.165, 1.54) is 17.0 Å². The van der Waals surface area contributed by atoms with Gasteiger partial charge >= 0.3 is 5.97 Å². The Kier molecular flexibility index (Phi) is 5.77. The molecular weight excluding hydrogens is 447 g/mol. The number of hydrogen-bond acceptors (Lipinski definition) is 4. The van der Waals surface area contributed by atoms with Gasteiger partial charge in [0.2, 0.25) is 0 Å². The highest BCUT2D eigenvalue weighted by Crippen LogP contribution is 2.32. The first-order valence-corrected chi connectivity index (χ1v) is 9.97.